The molecule has 4 aromatic rings. The van der Waals surface area contributed by atoms with Gasteiger partial charge in [0.05, 0.1) is 24.3 Å². The lowest BCUT2D eigenvalue weighted by Gasteiger charge is -2.13. The monoisotopic (exact) mass is 362 g/mol. The summed E-state index contributed by atoms with van der Waals surface area (Å²) in [7, 11) is 0. The summed E-state index contributed by atoms with van der Waals surface area (Å²) >= 11 is 0. The number of aromatic nitrogens is 4. The first-order valence-electron chi connectivity index (χ1n) is 8.36. The average Bonchev–Trinajstić information content (AvgIpc) is 2.71. The van der Waals surface area contributed by atoms with Crippen LogP contribution in [0.25, 0.3) is 11.0 Å². The molecule has 7 heteroatoms. The molecule has 27 heavy (non-hydrogen) atoms. The van der Waals surface area contributed by atoms with E-state index in [0.29, 0.717) is 11.2 Å². The third kappa shape index (κ3) is 3.27. The van der Waals surface area contributed by atoms with E-state index in [4.69, 9.17) is 0 Å². The van der Waals surface area contributed by atoms with E-state index in [2.05, 4.69) is 9.97 Å². The Hall–Kier alpha value is -3.61. The van der Waals surface area contributed by atoms with E-state index in [1.165, 1.54) is 22.9 Å². The third-order valence-corrected chi connectivity index (χ3v) is 4.29. The summed E-state index contributed by atoms with van der Waals surface area (Å²) < 4.78 is 15.8. The fourth-order valence-corrected chi connectivity index (χ4v) is 2.96. The molecule has 4 rings (SSSR count). The zero-order chi connectivity index (χ0) is 18.8. The molecule has 3 heterocycles. The molecule has 0 unspecified atom stereocenters. The number of pyridine rings is 2. The standard InChI is InChI=1S/C20H15FN4O2/c21-15-8-6-14(7-9-15)12-24-17-5-3-11-23-18(17)19(26)25(20(24)27)13-16-4-1-2-10-22-16/h1-11H,12-13H2. The summed E-state index contributed by atoms with van der Waals surface area (Å²) in [4.78, 5) is 34.2. The van der Waals surface area contributed by atoms with Gasteiger partial charge in [0.1, 0.15) is 5.82 Å². The van der Waals surface area contributed by atoms with Gasteiger partial charge in [-0.2, -0.15) is 0 Å². The molecule has 134 valence electrons. The minimum Gasteiger partial charge on any atom is -0.287 e. The van der Waals surface area contributed by atoms with Crippen molar-refractivity contribution in [2.24, 2.45) is 0 Å². The van der Waals surface area contributed by atoms with Gasteiger partial charge in [-0.15, -0.1) is 0 Å². The molecule has 0 radical (unpaired) electrons. The minimum absolute atomic E-state index is 0.0500. The molecule has 6 nitrogen and oxygen atoms in total. The molecule has 0 aliphatic heterocycles. The molecule has 3 aromatic heterocycles. The Bertz CT molecular complexity index is 1210. The number of hydrogen-bond acceptors (Lipinski definition) is 4. The molecule has 0 aliphatic carbocycles. The lowest BCUT2D eigenvalue weighted by Crippen LogP contribution is -2.41. The van der Waals surface area contributed by atoms with Gasteiger partial charge < -0.3 is 0 Å². The number of hydrogen-bond donors (Lipinski definition) is 0. The van der Waals surface area contributed by atoms with Crippen molar-refractivity contribution >= 4 is 11.0 Å². The summed E-state index contributed by atoms with van der Waals surface area (Å²) in [6, 6.07) is 14.6. The van der Waals surface area contributed by atoms with E-state index in [-0.39, 0.29) is 24.4 Å². The zero-order valence-corrected chi connectivity index (χ0v) is 14.2. The Morgan fingerprint density at radius 2 is 1.59 bits per heavy atom. The average molecular weight is 362 g/mol. The van der Waals surface area contributed by atoms with Gasteiger partial charge in [-0.1, -0.05) is 18.2 Å². The smallest absolute Gasteiger partial charge is 0.287 e. The Kier molecular flexibility index (Phi) is 4.33. The van der Waals surface area contributed by atoms with Crippen molar-refractivity contribution in [1.29, 1.82) is 0 Å². The van der Waals surface area contributed by atoms with Crippen molar-refractivity contribution in [1.82, 2.24) is 19.1 Å². The van der Waals surface area contributed by atoms with Crippen molar-refractivity contribution in [3.8, 4) is 0 Å². The molecule has 0 spiro atoms. The van der Waals surface area contributed by atoms with Gasteiger partial charge in [-0.3, -0.25) is 18.9 Å². The van der Waals surface area contributed by atoms with Crippen LogP contribution in [-0.2, 0) is 13.1 Å². The fourth-order valence-electron chi connectivity index (χ4n) is 2.96. The number of fused-ring (bicyclic) bond motifs is 1. The van der Waals surface area contributed by atoms with E-state index in [1.54, 1.807) is 48.7 Å². The topological polar surface area (TPSA) is 69.8 Å². The second-order valence-corrected chi connectivity index (χ2v) is 6.08. The summed E-state index contributed by atoms with van der Waals surface area (Å²) in [5, 5.41) is 0. The summed E-state index contributed by atoms with van der Waals surface area (Å²) in [6.45, 7) is 0.248. The highest BCUT2D eigenvalue weighted by atomic mass is 19.1. The predicted octanol–water partition coefficient (Wildman–Crippen LogP) is 2.19. The van der Waals surface area contributed by atoms with Gasteiger partial charge in [0.25, 0.3) is 5.56 Å². The first-order valence-corrected chi connectivity index (χ1v) is 8.36. The highest BCUT2D eigenvalue weighted by molar-refractivity contribution is 5.73. The van der Waals surface area contributed by atoms with Crippen molar-refractivity contribution < 1.29 is 4.39 Å². The first-order chi connectivity index (χ1) is 13.1. The summed E-state index contributed by atoms with van der Waals surface area (Å²) in [5.41, 5.74) is 1.06. The van der Waals surface area contributed by atoms with Crippen LogP contribution < -0.4 is 11.2 Å². The highest BCUT2D eigenvalue weighted by Gasteiger charge is 2.15. The first kappa shape index (κ1) is 16.8. The molecule has 0 bridgehead atoms. The Balaban J connectivity index is 1.90. The van der Waals surface area contributed by atoms with Crippen molar-refractivity contribution in [2.75, 3.05) is 0 Å². The van der Waals surface area contributed by atoms with Crippen molar-refractivity contribution in [2.45, 2.75) is 13.1 Å². The highest BCUT2D eigenvalue weighted by Crippen LogP contribution is 2.10. The van der Waals surface area contributed by atoms with Crippen LogP contribution in [0.3, 0.4) is 0 Å². The van der Waals surface area contributed by atoms with Crippen LogP contribution in [0.1, 0.15) is 11.3 Å². The molecule has 0 amide bonds. The van der Waals surface area contributed by atoms with Crippen LogP contribution >= 0.6 is 0 Å². The zero-order valence-electron chi connectivity index (χ0n) is 14.2. The van der Waals surface area contributed by atoms with Crippen molar-refractivity contribution in [3.63, 3.8) is 0 Å². The summed E-state index contributed by atoms with van der Waals surface area (Å²) in [5.74, 6) is -0.349. The van der Waals surface area contributed by atoms with Gasteiger partial charge in [0, 0.05) is 12.4 Å². The predicted molar refractivity (Wildman–Crippen MR) is 99.1 cm³/mol. The maximum atomic E-state index is 13.2. The Morgan fingerprint density at radius 1 is 0.815 bits per heavy atom. The van der Waals surface area contributed by atoms with Gasteiger partial charge in [-0.25, -0.2) is 14.2 Å². The molecule has 0 aliphatic rings. The second-order valence-electron chi connectivity index (χ2n) is 6.08. The summed E-state index contributed by atoms with van der Waals surface area (Å²) in [6.07, 6.45) is 3.12. The van der Waals surface area contributed by atoms with E-state index in [0.717, 1.165) is 10.1 Å². The molecule has 0 saturated carbocycles. The molecular formula is C20H15FN4O2. The van der Waals surface area contributed by atoms with Crippen LogP contribution in [0.4, 0.5) is 4.39 Å². The van der Waals surface area contributed by atoms with Gasteiger partial charge >= 0.3 is 5.69 Å². The van der Waals surface area contributed by atoms with Crippen molar-refractivity contribution in [3.05, 3.63) is 105 Å². The molecule has 1 aromatic carbocycles. The van der Waals surface area contributed by atoms with Gasteiger partial charge in [0.15, 0.2) is 5.52 Å². The molecule has 0 N–H and O–H groups in total. The number of rotatable bonds is 4. The molecular weight excluding hydrogens is 347 g/mol. The SMILES string of the molecule is O=c1c2ncccc2n(Cc2ccc(F)cc2)c(=O)n1Cc1ccccn1. The number of benzene rings is 1. The Morgan fingerprint density at radius 3 is 2.33 bits per heavy atom. The number of halogens is 1. The van der Waals surface area contributed by atoms with Crippen LogP contribution in [-0.4, -0.2) is 19.1 Å². The van der Waals surface area contributed by atoms with Gasteiger partial charge in [0.2, 0.25) is 0 Å². The normalized spacial score (nSPS) is 11.0. The van der Waals surface area contributed by atoms with Gasteiger partial charge in [-0.05, 0) is 42.0 Å². The van der Waals surface area contributed by atoms with E-state index in [1.807, 2.05) is 0 Å². The number of nitrogens with zero attached hydrogens (tertiary/aromatic N) is 4. The van der Waals surface area contributed by atoms with Crippen LogP contribution in [0.2, 0.25) is 0 Å². The second kappa shape index (κ2) is 6.95. The van der Waals surface area contributed by atoms with Crippen LogP contribution in [0, 0.1) is 5.82 Å². The van der Waals surface area contributed by atoms with Crippen LogP contribution in [0.5, 0.6) is 0 Å². The maximum absolute atomic E-state index is 13.2. The molecule has 0 atom stereocenters. The van der Waals surface area contributed by atoms with E-state index in [9.17, 15) is 14.0 Å². The quantitative estimate of drug-likeness (QED) is 0.558. The van der Waals surface area contributed by atoms with E-state index < -0.39 is 11.2 Å². The largest absolute Gasteiger partial charge is 0.332 e. The molecule has 0 fully saturated rings. The van der Waals surface area contributed by atoms with E-state index >= 15 is 0 Å². The lowest BCUT2D eigenvalue weighted by molar-refractivity contribution is 0.618. The Labute approximate surface area is 153 Å². The molecule has 0 saturated heterocycles. The lowest BCUT2D eigenvalue weighted by atomic mass is 10.2. The maximum Gasteiger partial charge on any atom is 0.332 e. The van der Waals surface area contributed by atoms with Crippen LogP contribution in [0.15, 0.2) is 76.6 Å². The third-order valence-electron chi connectivity index (χ3n) is 4.29. The minimum atomic E-state index is -0.463. The fraction of sp³-hybridized carbons (Fsp3) is 0.100.